The molecular formula is C23H38FN7O3S. The van der Waals surface area contributed by atoms with E-state index in [1.54, 1.807) is 0 Å². The van der Waals surface area contributed by atoms with Gasteiger partial charge in [0.25, 0.3) is 0 Å². The summed E-state index contributed by atoms with van der Waals surface area (Å²) >= 11 is 1.30. The average molecular weight is 512 g/mol. The summed E-state index contributed by atoms with van der Waals surface area (Å²) in [6, 6.07) is 0.285. The molecule has 1 aliphatic heterocycles. The number of rotatable bonds is 12. The number of hydrazine groups is 1. The van der Waals surface area contributed by atoms with Gasteiger partial charge in [-0.05, 0) is 44.5 Å². The van der Waals surface area contributed by atoms with E-state index in [9.17, 15) is 14.8 Å². The monoisotopic (exact) mass is 511 g/mol. The van der Waals surface area contributed by atoms with Gasteiger partial charge in [0.2, 0.25) is 18.1 Å². The average Bonchev–Trinajstić information content (AvgIpc) is 3.47. The van der Waals surface area contributed by atoms with Crippen LogP contribution in [0.2, 0.25) is 0 Å². The molecule has 1 aromatic rings. The van der Waals surface area contributed by atoms with Crippen LogP contribution in [0.4, 0.5) is 16.0 Å². The normalized spacial score (nSPS) is 21.4. The van der Waals surface area contributed by atoms with Gasteiger partial charge in [-0.25, -0.2) is 15.0 Å². The summed E-state index contributed by atoms with van der Waals surface area (Å²) in [5, 5.41) is 10.7. The van der Waals surface area contributed by atoms with E-state index in [0.717, 1.165) is 19.3 Å². The minimum Gasteiger partial charge on any atom is -0.352 e. The number of carbonyl (C=O) groups is 2. The Morgan fingerprint density at radius 3 is 2.63 bits per heavy atom. The maximum atomic E-state index is 15.4. The highest BCUT2D eigenvalue weighted by Gasteiger charge is 2.34. The maximum Gasteiger partial charge on any atom is 0.238 e. The Labute approximate surface area is 211 Å². The van der Waals surface area contributed by atoms with Crippen LogP contribution in [0.5, 0.6) is 0 Å². The van der Waals surface area contributed by atoms with Crippen LogP contribution in [0.1, 0.15) is 45.4 Å². The van der Waals surface area contributed by atoms with Crippen LogP contribution in [0.25, 0.3) is 0 Å². The highest BCUT2D eigenvalue weighted by Crippen LogP contribution is 2.32. The molecule has 3 atom stereocenters. The third kappa shape index (κ3) is 7.40. The number of halogens is 1. The Morgan fingerprint density at radius 1 is 1.31 bits per heavy atom. The van der Waals surface area contributed by atoms with E-state index in [1.165, 1.54) is 24.6 Å². The van der Waals surface area contributed by atoms with Crippen LogP contribution in [-0.4, -0.2) is 83.5 Å². The fourth-order valence-corrected chi connectivity index (χ4v) is 5.64. The molecule has 0 bridgehead atoms. The lowest BCUT2D eigenvalue weighted by Crippen LogP contribution is -2.36. The summed E-state index contributed by atoms with van der Waals surface area (Å²) in [6.07, 6.45) is 7.53. The molecule has 3 N–H and O–H groups in total. The van der Waals surface area contributed by atoms with Gasteiger partial charge in [-0.3, -0.25) is 25.6 Å². The predicted octanol–water partition coefficient (Wildman–Crippen LogP) is 2.60. The number of aromatic nitrogens is 2. The molecule has 10 nitrogen and oxygen atoms in total. The standard InChI is InChI=1S/C23H38FN7O3S/c1-15-11-30(13-18(15)29(2)3)22-20(24)21(25-23(26-22)35-4)28-27-19(33)10-17(12-31(34)14-32)9-16-7-5-6-8-16/h14-18,34H,5-13H2,1-4H3,(H,27,33)(H,25,26,28)/t15-,17-,18-/m1/s1. The molecule has 2 aliphatic rings. The van der Waals surface area contributed by atoms with Gasteiger partial charge < -0.3 is 9.80 Å². The second kappa shape index (κ2) is 12.7. The van der Waals surface area contributed by atoms with Crippen LogP contribution < -0.4 is 15.8 Å². The van der Waals surface area contributed by atoms with Gasteiger partial charge in [0.05, 0.1) is 6.54 Å². The van der Waals surface area contributed by atoms with Crippen LogP contribution in [-0.2, 0) is 9.59 Å². The first-order valence-electron chi connectivity index (χ1n) is 12.2. The molecule has 35 heavy (non-hydrogen) atoms. The van der Waals surface area contributed by atoms with Crippen molar-refractivity contribution >= 4 is 35.7 Å². The summed E-state index contributed by atoms with van der Waals surface area (Å²) < 4.78 is 15.4. The molecule has 1 saturated heterocycles. The lowest BCUT2D eigenvalue weighted by Gasteiger charge is -2.23. The van der Waals surface area contributed by atoms with E-state index < -0.39 is 5.82 Å². The molecule has 1 aliphatic carbocycles. The van der Waals surface area contributed by atoms with Crippen molar-refractivity contribution in [2.24, 2.45) is 17.8 Å². The molecular weight excluding hydrogens is 473 g/mol. The van der Waals surface area contributed by atoms with Gasteiger partial charge in [-0.15, -0.1) is 0 Å². The largest absolute Gasteiger partial charge is 0.352 e. The summed E-state index contributed by atoms with van der Waals surface area (Å²) in [5.41, 5.74) is 5.19. The van der Waals surface area contributed by atoms with Crippen LogP contribution in [0.15, 0.2) is 5.16 Å². The number of amides is 2. The molecule has 0 spiro atoms. The highest BCUT2D eigenvalue weighted by molar-refractivity contribution is 7.98. The predicted molar refractivity (Wildman–Crippen MR) is 134 cm³/mol. The van der Waals surface area contributed by atoms with Crippen LogP contribution >= 0.6 is 11.8 Å². The molecule has 0 radical (unpaired) electrons. The summed E-state index contributed by atoms with van der Waals surface area (Å²) in [6.45, 7) is 3.54. The fraction of sp³-hybridized carbons (Fsp3) is 0.739. The third-order valence-corrected chi connectivity index (χ3v) is 7.58. The van der Waals surface area contributed by atoms with Gasteiger partial charge in [0, 0.05) is 25.6 Å². The summed E-state index contributed by atoms with van der Waals surface area (Å²) in [4.78, 5) is 36.3. The van der Waals surface area contributed by atoms with E-state index in [-0.39, 0.29) is 42.5 Å². The first-order valence-corrected chi connectivity index (χ1v) is 13.4. The van der Waals surface area contributed by atoms with Crippen molar-refractivity contribution in [1.82, 2.24) is 25.4 Å². The molecule has 12 heteroatoms. The molecule has 2 amide bonds. The van der Waals surface area contributed by atoms with Crippen molar-refractivity contribution in [2.75, 3.05) is 50.3 Å². The van der Waals surface area contributed by atoms with E-state index in [2.05, 4.69) is 32.6 Å². The number of carbonyl (C=O) groups excluding carboxylic acids is 2. The number of anilines is 2. The van der Waals surface area contributed by atoms with Crippen molar-refractivity contribution in [3.63, 3.8) is 0 Å². The molecule has 0 aromatic carbocycles. The van der Waals surface area contributed by atoms with Crippen molar-refractivity contribution in [3.05, 3.63) is 5.82 Å². The summed E-state index contributed by atoms with van der Waals surface area (Å²) in [5.74, 6) is -0.199. The molecule has 0 unspecified atom stereocenters. The molecule has 1 saturated carbocycles. The Morgan fingerprint density at radius 2 is 2.03 bits per heavy atom. The number of likely N-dealkylation sites (N-methyl/N-ethyl adjacent to an activating group) is 1. The third-order valence-electron chi connectivity index (χ3n) is 7.03. The molecule has 2 heterocycles. The zero-order chi connectivity index (χ0) is 25.5. The Balaban J connectivity index is 1.67. The van der Waals surface area contributed by atoms with Crippen molar-refractivity contribution < 1.29 is 19.2 Å². The first-order chi connectivity index (χ1) is 16.7. The number of hydroxylamine groups is 2. The van der Waals surface area contributed by atoms with E-state index in [4.69, 9.17) is 0 Å². The lowest BCUT2D eigenvalue weighted by atomic mass is 9.90. The number of thioether (sulfide) groups is 1. The van der Waals surface area contributed by atoms with Crippen LogP contribution in [0, 0.1) is 23.6 Å². The fourth-order valence-electron chi connectivity index (χ4n) is 5.28. The topological polar surface area (TPSA) is 114 Å². The molecule has 196 valence electrons. The van der Waals surface area contributed by atoms with Gasteiger partial charge in [-0.2, -0.15) is 4.39 Å². The lowest BCUT2D eigenvalue weighted by molar-refractivity contribution is -0.153. The SMILES string of the molecule is CSc1nc(NNC(=O)C[C@@H](CC2CCCC2)CN(O)C=O)c(F)c(N2C[C@@H](C)[C@H](N(C)C)C2)n1. The smallest absolute Gasteiger partial charge is 0.238 e. The van der Waals surface area contributed by atoms with Gasteiger partial charge >= 0.3 is 0 Å². The van der Waals surface area contributed by atoms with Gasteiger partial charge in [0.15, 0.2) is 16.8 Å². The second-order valence-electron chi connectivity index (χ2n) is 9.97. The maximum absolute atomic E-state index is 15.4. The first kappa shape index (κ1) is 27.4. The highest BCUT2D eigenvalue weighted by atomic mass is 32.2. The number of nitrogens with one attached hydrogen (secondary N) is 2. The molecule has 1 aromatic heterocycles. The van der Waals surface area contributed by atoms with E-state index in [1.807, 2.05) is 25.3 Å². The quantitative estimate of drug-likeness (QED) is 0.128. The Bertz CT molecular complexity index is 872. The number of hydrogen-bond donors (Lipinski definition) is 3. The van der Waals surface area contributed by atoms with E-state index in [0.29, 0.717) is 41.6 Å². The minimum absolute atomic E-state index is 0.0796. The number of nitrogens with zero attached hydrogens (tertiary/aromatic N) is 5. The van der Waals surface area contributed by atoms with Crippen molar-refractivity contribution in [3.8, 4) is 0 Å². The molecule has 3 rings (SSSR count). The molecule has 2 fully saturated rings. The Hall–Kier alpha value is -2.18. The van der Waals surface area contributed by atoms with Gasteiger partial charge in [0.1, 0.15) is 0 Å². The zero-order valence-corrected chi connectivity index (χ0v) is 21.9. The summed E-state index contributed by atoms with van der Waals surface area (Å²) in [7, 11) is 4.03. The Kier molecular flexibility index (Phi) is 9.93. The van der Waals surface area contributed by atoms with E-state index >= 15 is 4.39 Å². The van der Waals surface area contributed by atoms with Crippen molar-refractivity contribution in [2.45, 2.75) is 56.6 Å². The zero-order valence-electron chi connectivity index (χ0n) is 21.0. The second-order valence-corrected chi connectivity index (χ2v) is 10.7. The van der Waals surface area contributed by atoms with Gasteiger partial charge in [-0.1, -0.05) is 44.4 Å². The minimum atomic E-state index is -0.611. The van der Waals surface area contributed by atoms with Crippen LogP contribution in [0.3, 0.4) is 0 Å². The number of hydrogen-bond acceptors (Lipinski definition) is 9. The van der Waals surface area contributed by atoms with Crippen molar-refractivity contribution in [1.29, 1.82) is 0 Å².